The zero-order valence-corrected chi connectivity index (χ0v) is 19.0. The summed E-state index contributed by atoms with van der Waals surface area (Å²) in [6.45, 7) is 0.0789. The number of phenols is 1. The van der Waals surface area contributed by atoms with Crippen molar-refractivity contribution in [2.24, 2.45) is 0 Å². The predicted molar refractivity (Wildman–Crippen MR) is 135 cm³/mol. The van der Waals surface area contributed by atoms with Crippen molar-refractivity contribution in [2.45, 2.75) is 12.1 Å². The van der Waals surface area contributed by atoms with E-state index in [-0.39, 0.29) is 30.3 Å². The molecule has 0 bridgehead atoms. The Balaban J connectivity index is 1.51. The van der Waals surface area contributed by atoms with E-state index in [1.54, 1.807) is 18.3 Å². The molecule has 1 aliphatic heterocycles. The number of anilines is 1. The van der Waals surface area contributed by atoms with E-state index in [9.17, 15) is 9.90 Å². The van der Waals surface area contributed by atoms with Gasteiger partial charge in [0, 0.05) is 29.5 Å². The molecule has 5 rings (SSSR count). The number of nitrogens with zero attached hydrogens (tertiary/aromatic N) is 3. The van der Waals surface area contributed by atoms with E-state index in [2.05, 4.69) is 15.6 Å². The Morgan fingerprint density at radius 1 is 1.00 bits per heavy atom. The standard InChI is InChI=1S/C26H23N5O2S/c32-20-13-11-19(12-14-20)30-16-6-10-22(30)25-24(21-9-4-5-15-27-21)29-26(34)31(25)17-23(33)28-18-7-2-1-3-8-18/h1-16,24-25,32H,17H2,(H,28,33)(H,29,34). The van der Waals surface area contributed by atoms with Crippen molar-refractivity contribution < 1.29 is 9.90 Å². The van der Waals surface area contributed by atoms with Gasteiger partial charge in [0.05, 0.1) is 17.8 Å². The van der Waals surface area contributed by atoms with E-state index in [1.165, 1.54) is 0 Å². The van der Waals surface area contributed by atoms with Gasteiger partial charge < -0.3 is 25.2 Å². The lowest BCUT2D eigenvalue weighted by atomic mass is 10.0. The molecular weight excluding hydrogens is 446 g/mol. The van der Waals surface area contributed by atoms with Crippen LogP contribution in [0.2, 0.25) is 0 Å². The summed E-state index contributed by atoms with van der Waals surface area (Å²) in [6, 6.07) is 25.6. The Morgan fingerprint density at radius 3 is 2.50 bits per heavy atom. The highest BCUT2D eigenvalue weighted by Crippen LogP contribution is 2.39. The average Bonchev–Trinajstić information content (AvgIpc) is 3.45. The number of aromatic nitrogens is 2. The van der Waals surface area contributed by atoms with Crippen LogP contribution in [0.5, 0.6) is 5.75 Å². The van der Waals surface area contributed by atoms with Crippen molar-refractivity contribution >= 4 is 28.9 Å². The van der Waals surface area contributed by atoms with Crippen molar-refractivity contribution in [3.63, 3.8) is 0 Å². The normalized spacial score (nSPS) is 17.4. The maximum absolute atomic E-state index is 13.0. The molecule has 1 fully saturated rings. The molecule has 2 atom stereocenters. The smallest absolute Gasteiger partial charge is 0.244 e. The third kappa shape index (κ3) is 4.35. The number of para-hydroxylation sites is 1. The largest absolute Gasteiger partial charge is 0.508 e. The fourth-order valence-corrected chi connectivity index (χ4v) is 4.56. The van der Waals surface area contributed by atoms with E-state index in [0.717, 1.165) is 22.8 Å². The highest BCUT2D eigenvalue weighted by Gasteiger charge is 2.42. The zero-order valence-electron chi connectivity index (χ0n) is 18.2. The van der Waals surface area contributed by atoms with E-state index in [0.29, 0.717) is 5.11 Å². The monoisotopic (exact) mass is 469 g/mol. The molecule has 7 nitrogen and oxygen atoms in total. The number of amides is 1. The van der Waals surface area contributed by atoms with Gasteiger partial charge in [-0.1, -0.05) is 24.3 Å². The van der Waals surface area contributed by atoms with Crippen molar-refractivity contribution in [1.29, 1.82) is 0 Å². The molecule has 170 valence electrons. The second-order valence-corrected chi connectivity index (χ2v) is 8.37. The highest BCUT2D eigenvalue weighted by atomic mass is 32.1. The molecular formula is C26H23N5O2S. The molecule has 1 amide bonds. The fourth-order valence-electron chi connectivity index (χ4n) is 4.26. The van der Waals surface area contributed by atoms with E-state index >= 15 is 0 Å². The van der Waals surface area contributed by atoms with Crippen LogP contribution in [-0.4, -0.2) is 37.1 Å². The quantitative estimate of drug-likeness (QED) is 0.368. The molecule has 2 aromatic heterocycles. The second kappa shape index (κ2) is 9.36. The van der Waals surface area contributed by atoms with Crippen LogP contribution in [0.25, 0.3) is 5.69 Å². The Labute approximate surface area is 202 Å². The molecule has 1 saturated heterocycles. The summed E-state index contributed by atoms with van der Waals surface area (Å²) in [5, 5.41) is 16.5. The molecule has 3 heterocycles. The highest BCUT2D eigenvalue weighted by molar-refractivity contribution is 7.80. The number of aromatic hydroxyl groups is 1. The SMILES string of the molecule is O=C(CN1C(=S)NC(c2ccccn2)C1c1cccn1-c1ccc(O)cc1)Nc1ccccc1. The van der Waals surface area contributed by atoms with E-state index in [1.807, 2.05) is 88.5 Å². The van der Waals surface area contributed by atoms with Gasteiger partial charge in [0.2, 0.25) is 5.91 Å². The van der Waals surface area contributed by atoms with E-state index in [4.69, 9.17) is 12.2 Å². The summed E-state index contributed by atoms with van der Waals surface area (Å²) in [6.07, 6.45) is 3.71. The summed E-state index contributed by atoms with van der Waals surface area (Å²) in [4.78, 5) is 19.4. The molecule has 3 N–H and O–H groups in total. The van der Waals surface area contributed by atoms with Crippen molar-refractivity contribution in [1.82, 2.24) is 19.8 Å². The van der Waals surface area contributed by atoms with Crippen LogP contribution in [0.15, 0.2) is 97.3 Å². The minimum atomic E-state index is -0.285. The lowest BCUT2D eigenvalue weighted by molar-refractivity contribution is -0.116. The Bertz CT molecular complexity index is 1290. The Kier molecular flexibility index (Phi) is 5.97. The van der Waals surface area contributed by atoms with Gasteiger partial charge in [0.25, 0.3) is 0 Å². The molecule has 1 aliphatic rings. The molecule has 2 unspecified atom stereocenters. The summed E-state index contributed by atoms with van der Waals surface area (Å²) < 4.78 is 2.04. The van der Waals surface area contributed by atoms with Gasteiger partial charge in [-0.3, -0.25) is 9.78 Å². The van der Waals surface area contributed by atoms with Gasteiger partial charge in [-0.2, -0.15) is 0 Å². The van der Waals surface area contributed by atoms with Gasteiger partial charge >= 0.3 is 0 Å². The number of carbonyl (C=O) groups excluding carboxylic acids is 1. The minimum absolute atomic E-state index is 0.0789. The number of hydrogen-bond donors (Lipinski definition) is 3. The van der Waals surface area contributed by atoms with Crippen molar-refractivity contribution in [2.75, 3.05) is 11.9 Å². The summed E-state index contributed by atoms with van der Waals surface area (Å²) in [5.74, 6) is 0.0384. The first-order valence-electron chi connectivity index (χ1n) is 10.9. The van der Waals surface area contributed by atoms with Crippen LogP contribution in [0.4, 0.5) is 5.69 Å². The van der Waals surface area contributed by atoms with Crippen LogP contribution in [0.3, 0.4) is 0 Å². The van der Waals surface area contributed by atoms with Crippen molar-refractivity contribution in [3.05, 3.63) is 109 Å². The lowest BCUT2D eigenvalue weighted by Crippen LogP contribution is -2.37. The number of rotatable bonds is 6. The van der Waals surface area contributed by atoms with Gasteiger partial charge in [-0.05, 0) is 72.9 Å². The van der Waals surface area contributed by atoms with Crippen LogP contribution in [-0.2, 0) is 4.79 Å². The molecule has 0 aliphatic carbocycles. The topological polar surface area (TPSA) is 82.4 Å². The van der Waals surface area contributed by atoms with Crippen LogP contribution in [0.1, 0.15) is 23.5 Å². The Hall–Kier alpha value is -4.17. The minimum Gasteiger partial charge on any atom is -0.508 e. The first-order chi connectivity index (χ1) is 16.6. The summed E-state index contributed by atoms with van der Waals surface area (Å²) in [7, 11) is 0. The van der Waals surface area contributed by atoms with Crippen LogP contribution >= 0.6 is 12.2 Å². The first-order valence-corrected chi connectivity index (χ1v) is 11.3. The fraction of sp³-hybridized carbons (Fsp3) is 0.115. The zero-order chi connectivity index (χ0) is 23.5. The molecule has 0 spiro atoms. The molecule has 2 aromatic carbocycles. The maximum atomic E-state index is 13.0. The maximum Gasteiger partial charge on any atom is 0.244 e. The number of carbonyl (C=O) groups is 1. The molecule has 8 heteroatoms. The third-order valence-corrected chi connectivity index (χ3v) is 6.13. The van der Waals surface area contributed by atoms with Crippen LogP contribution < -0.4 is 10.6 Å². The molecule has 4 aromatic rings. The first kappa shape index (κ1) is 21.7. The van der Waals surface area contributed by atoms with Gasteiger partial charge in [0.15, 0.2) is 5.11 Å². The van der Waals surface area contributed by atoms with Gasteiger partial charge in [0.1, 0.15) is 12.3 Å². The predicted octanol–water partition coefficient (Wildman–Crippen LogP) is 4.19. The molecule has 34 heavy (non-hydrogen) atoms. The molecule has 0 saturated carbocycles. The van der Waals surface area contributed by atoms with Gasteiger partial charge in [-0.15, -0.1) is 0 Å². The third-order valence-electron chi connectivity index (χ3n) is 5.78. The van der Waals surface area contributed by atoms with E-state index < -0.39 is 0 Å². The number of pyridine rings is 1. The number of nitrogens with one attached hydrogen (secondary N) is 2. The number of hydrogen-bond acceptors (Lipinski definition) is 4. The number of thiocarbonyl (C=S) groups is 1. The molecule has 0 radical (unpaired) electrons. The van der Waals surface area contributed by atoms with Gasteiger partial charge in [-0.25, -0.2) is 0 Å². The number of phenolic OH excluding ortho intramolecular Hbond substituents is 1. The van der Waals surface area contributed by atoms with Crippen LogP contribution in [0, 0.1) is 0 Å². The number of benzene rings is 2. The second-order valence-electron chi connectivity index (χ2n) is 7.99. The summed E-state index contributed by atoms with van der Waals surface area (Å²) >= 11 is 5.69. The van der Waals surface area contributed by atoms with Crippen molar-refractivity contribution in [3.8, 4) is 11.4 Å². The Morgan fingerprint density at radius 2 is 1.76 bits per heavy atom. The summed E-state index contributed by atoms with van der Waals surface area (Å²) in [5.41, 5.74) is 3.40. The average molecular weight is 470 g/mol. The lowest BCUT2D eigenvalue weighted by Gasteiger charge is -2.28.